The van der Waals surface area contributed by atoms with Gasteiger partial charge in [-0.2, -0.15) is 13.2 Å². The van der Waals surface area contributed by atoms with E-state index in [1.54, 1.807) is 18.2 Å². The molecule has 0 saturated carbocycles. The number of hydrogen-bond acceptors (Lipinski definition) is 5. The second kappa shape index (κ2) is 10.4. The molecule has 158 valence electrons. The van der Waals surface area contributed by atoms with Crippen molar-refractivity contribution < 1.29 is 22.6 Å². The monoisotopic (exact) mass is 523 g/mol. The molecule has 0 bridgehead atoms. The van der Waals surface area contributed by atoms with Crippen LogP contribution in [0.3, 0.4) is 0 Å². The number of halogens is 4. The summed E-state index contributed by atoms with van der Waals surface area (Å²) in [5.74, 6) is 1.18. The number of nitrogens with one attached hydrogen (secondary N) is 2. The van der Waals surface area contributed by atoms with Crippen molar-refractivity contribution in [3.63, 3.8) is 0 Å². The highest BCUT2D eigenvalue weighted by molar-refractivity contribution is 14.0. The van der Waals surface area contributed by atoms with Crippen LogP contribution in [0.1, 0.15) is 12.0 Å². The van der Waals surface area contributed by atoms with E-state index in [0.717, 1.165) is 12.5 Å². The van der Waals surface area contributed by atoms with Crippen LogP contribution in [0, 0.1) is 0 Å². The molecule has 1 aromatic carbocycles. The zero-order valence-corrected chi connectivity index (χ0v) is 17.7. The van der Waals surface area contributed by atoms with Crippen LogP contribution in [0.15, 0.2) is 41.5 Å². The maximum atomic E-state index is 12.9. The summed E-state index contributed by atoms with van der Waals surface area (Å²) < 4.78 is 49.9. The number of guanidine groups is 1. The Kier molecular flexibility index (Phi) is 8.17. The Hall–Kier alpha value is -2.44. The molecule has 0 radical (unpaired) electrons. The quantitative estimate of drug-likeness (QED) is 0.240. The van der Waals surface area contributed by atoms with Crippen LogP contribution in [-0.2, 0) is 6.18 Å². The van der Waals surface area contributed by atoms with Crippen LogP contribution in [0.25, 0.3) is 0 Å². The summed E-state index contributed by atoms with van der Waals surface area (Å²) in [6.45, 7) is 1.47. The van der Waals surface area contributed by atoms with Crippen molar-refractivity contribution in [2.75, 3.05) is 36.9 Å². The topological polar surface area (TPSA) is 93.8 Å². The minimum atomic E-state index is -4.47. The third-order valence-electron chi connectivity index (χ3n) is 3.82. The number of fused-ring (bicyclic) bond motifs is 1. The Morgan fingerprint density at radius 3 is 2.69 bits per heavy atom. The predicted octanol–water partition coefficient (Wildman–Crippen LogP) is 3.72. The van der Waals surface area contributed by atoms with Crippen molar-refractivity contribution in [1.29, 1.82) is 0 Å². The second-order valence-corrected chi connectivity index (χ2v) is 5.93. The highest BCUT2D eigenvalue weighted by Crippen LogP contribution is 2.33. The average Bonchev–Trinajstić information content (AvgIpc) is 2.90. The van der Waals surface area contributed by atoms with E-state index in [0.29, 0.717) is 30.4 Å². The molecule has 0 saturated heterocycles. The minimum absolute atomic E-state index is 0. The van der Waals surface area contributed by atoms with Gasteiger partial charge in [0.05, 0.1) is 25.3 Å². The van der Waals surface area contributed by atoms with Gasteiger partial charge < -0.3 is 25.8 Å². The molecule has 2 heterocycles. The van der Waals surface area contributed by atoms with Crippen molar-refractivity contribution >= 4 is 41.4 Å². The molecule has 0 spiro atoms. The van der Waals surface area contributed by atoms with Gasteiger partial charge in [0.1, 0.15) is 5.82 Å². The predicted molar refractivity (Wildman–Crippen MR) is 115 cm³/mol. The molecule has 1 aliphatic heterocycles. The zero-order valence-electron chi connectivity index (χ0n) is 15.3. The van der Waals surface area contributed by atoms with Gasteiger partial charge >= 0.3 is 6.18 Å². The molecule has 0 fully saturated rings. The van der Waals surface area contributed by atoms with Crippen molar-refractivity contribution in [3.8, 4) is 11.5 Å². The molecular weight excluding hydrogens is 502 g/mol. The van der Waals surface area contributed by atoms with Crippen LogP contribution >= 0.6 is 24.0 Å². The molecule has 0 atom stereocenters. The van der Waals surface area contributed by atoms with E-state index in [1.165, 1.54) is 12.3 Å². The highest BCUT2D eigenvalue weighted by atomic mass is 127. The molecule has 0 aliphatic carbocycles. The van der Waals surface area contributed by atoms with E-state index in [2.05, 4.69) is 20.6 Å². The standard InChI is InChI=1S/C18H20F3N5O2.HI/c19-18(20,21)13-3-1-6-23-16(13)24-7-8-25-17(22)26-12-4-5-14-15(11-12)28-10-2-9-27-14;/h1,3-6,11H,2,7-10H2,(H,23,24)(H3,22,25,26);1H. The largest absolute Gasteiger partial charge is 0.490 e. The summed E-state index contributed by atoms with van der Waals surface area (Å²) in [7, 11) is 0. The maximum Gasteiger partial charge on any atom is 0.419 e. The van der Waals surface area contributed by atoms with E-state index in [1.807, 2.05) is 0 Å². The molecule has 1 aromatic heterocycles. The van der Waals surface area contributed by atoms with Gasteiger partial charge in [-0.15, -0.1) is 24.0 Å². The van der Waals surface area contributed by atoms with E-state index < -0.39 is 11.7 Å². The molecule has 29 heavy (non-hydrogen) atoms. The molecule has 1 aliphatic rings. The number of benzene rings is 1. The number of alkyl halides is 3. The lowest BCUT2D eigenvalue weighted by Crippen LogP contribution is -2.24. The number of pyridine rings is 1. The average molecular weight is 523 g/mol. The van der Waals surface area contributed by atoms with Gasteiger partial charge in [-0.1, -0.05) is 0 Å². The summed E-state index contributed by atoms with van der Waals surface area (Å²) in [5, 5.41) is 5.54. The molecule has 3 rings (SSSR count). The van der Waals surface area contributed by atoms with E-state index in [9.17, 15) is 13.2 Å². The van der Waals surface area contributed by atoms with Gasteiger partial charge in [0, 0.05) is 30.9 Å². The molecule has 11 heteroatoms. The van der Waals surface area contributed by atoms with E-state index >= 15 is 0 Å². The van der Waals surface area contributed by atoms with Crippen LogP contribution in [0.2, 0.25) is 0 Å². The number of ether oxygens (including phenoxy) is 2. The Bertz CT molecular complexity index is 848. The molecule has 0 unspecified atom stereocenters. The number of aromatic nitrogens is 1. The van der Waals surface area contributed by atoms with Crippen LogP contribution < -0.4 is 25.8 Å². The summed E-state index contributed by atoms with van der Waals surface area (Å²) >= 11 is 0. The van der Waals surface area contributed by atoms with Crippen molar-refractivity contribution in [2.24, 2.45) is 10.7 Å². The van der Waals surface area contributed by atoms with Gasteiger partial charge in [-0.05, 0) is 24.3 Å². The number of rotatable bonds is 5. The van der Waals surface area contributed by atoms with Gasteiger partial charge in [-0.3, -0.25) is 4.99 Å². The smallest absolute Gasteiger partial charge is 0.419 e. The van der Waals surface area contributed by atoms with Crippen LogP contribution in [-0.4, -0.2) is 37.2 Å². The third kappa shape index (κ3) is 6.54. The summed E-state index contributed by atoms with van der Waals surface area (Å²) in [6.07, 6.45) is -2.38. The van der Waals surface area contributed by atoms with Crippen molar-refractivity contribution in [3.05, 3.63) is 42.1 Å². The van der Waals surface area contributed by atoms with Gasteiger partial charge in [0.25, 0.3) is 0 Å². The lowest BCUT2D eigenvalue weighted by atomic mass is 10.2. The first-order valence-electron chi connectivity index (χ1n) is 8.66. The first-order chi connectivity index (χ1) is 13.4. The normalized spacial score (nSPS) is 13.8. The Morgan fingerprint density at radius 1 is 1.17 bits per heavy atom. The Labute approximate surface area is 182 Å². The molecule has 2 aromatic rings. The van der Waals surface area contributed by atoms with Crippen LogP contribution in [0.5, 0.6) is 11.5 Å². The Morgan fingerprint density at radius 2 is 1.93 bits per heavy atom. The fraction of sp³-hybridized carbons (Fsp3) is 0.333. The molecular formula is C18H21F3IN5O2. The Balaban J connectivity index is 0.00000300. The van der Waals surface area contributed by atoms with Crippen molar-refractivity contribution in [1.82, 2.24) is 4.98 Å². The number of hydrogen-bond donors (Lipinski definition) is 3. The molecule has 0 amide bonds. The SMILES string of the molecule is I.NC(=NCCNc1ncccc1C(F)(F)F)Nc1ccc2c(c1)OCCCO2. The number of nitrogens with two attached hydrogens (primary N) is 1. The van der Waals surface area contributed by atoms with E-state index in [-0.39, 0.29) is 48.8 Å². The first kappa shape index (κ1) is 22.8. The lowest BCUT2D eigenvalue weighted by molar-refractivity contribution is -0.137. The second-order valence-electron chi connectivity index (χ2n) is 5.93. The van der Waals surface area contributed by atoms with E-state index in [4.69, 9.17) is 15.2 Å². The lowest BCUT2D eigenvalue weighted by Gasteiger charge is -2.13. The van der Waals surface area contributed by atoms with Gasteiger partial charge in [0.15, 0.2) is 17.5 Å². The first-order valence-corrected chi connectivity index (χ1v) is 8.66. The minimum Gasteiger partial charge on any atom is -0.490 e. The van der Waals surface area contributed by atoms with Gasteiger partial charge in [0.2, 0.25) is 0 Å². The van der Waals surface area contributed by atoms with Crippen LogP contribution in [0.4, 0.5) is 24.7 Å². The third-order valence-corrected chi connectivity index (χ3v) is 3.82. The fourth-order valence-corrected chi connectivity index (χ4v) is 2.55. The maximum absolute atomic E-state index is 12.9. The summed E-state index contributed by atoms with van der Waals surface area (Å²) in [4.78, 5) is 7.82. The zero-order chi connectivity index (χ0) is 20.0. The highest BCUT2D eigenvalue weighted by Gasteiger charge is 2.33. The van der Waals surface area contributed by atoms with Crippen molar-refractivity contribution in [2.45, 2.75) is 12.6 Å². The number of nitrogens with zero attached hydrogens (tertiary/aromatic N) is 2. The molecule has 7 nitrogen and oxygen atoms in total. The van der Waals surface area contributed by atoms with Gasteiger partial charge in [-0.25, -0.2) is 4.98 Å². The fourth-order valence-electron chi connectivity index (χ4n) is 2.55. The summed E-state index contributed by atoms with van der Waals surface area (Å²) in [5.41, 5.74) is 5.68. The molecule has 4 N–H and O–H groups in total. The number of aliphatic imine (C=N–C) groups is 1. The summed E-state index contributed by atoms with van der Waals surface area (Å²) in [6, 6.07) is 7.52. The number of anilines is 2.